The van der Waals surface area contributed by atoms with E-state index in [4.69, 9.17) is 0 Å². The molecule has 0 saturated heterocycles. The van der Waals surface area contributed by atoms with Gasteiger partial charge in [-0.05, 0) is 54.2 Å². The molecule has 0 spiro atoms. The highest BCUT2D eigenvalue weighted by Crippen LogP contribution is 2.32. The standard InChI is InChI=1S/C18H29NOS/c1-6-13-19(14-15-7-8-15)21(5,20)17-11-9-16(10-12-17)18(2,3)4/h9-12,15H,5-8,13-14H2,1-4H3. The monoisotopic (exact) mass is 307 g/mol. The summed E-state index contributed by atoms with van der Waals surface area (Å²) in [6.45, 7) is 10.5. The van der Waals surface area contributed by atoms with E-state index in [1.165, 1.54) is 18.4 Å². The molecule has 1 atom stereocenters. The van der Waals surface area contributed by atoms with Crippen molar-refractivity contribution in [2.24, 2.45) is 5.92 Å². The van der Waals surface area contributed by atoms with Crippen LogP contribution in [0.3, 0.4) is 0 Å². The minimum absolute atomic E-state index is 0.123. The molecule has 2 nitrogen and oxygen atoms in total. The van der Waals surface area contributed by atoms with Crippen LogP contribution in [0.15, 0.2) is 29.2 Å². The van der Waals surface area contributed by atoms with E-state index in [2.05, 4.69) is 50.0 Å². The molecular formula is C18H29NOS. The third-order valence-corrected chi connectivity index (χ3v) is 6.31. The van der Waals surface area contributed by atoms with Crippen LogP contribution in [0.1, 0.15) is 52.5 Å². The van der Waals surface area contributed by atoms with Gasteiger partial charge in [-0.15, -0.1) is 0 Å². The fourth-order valence-corrected chi connectivity index (χ4v) is 4.30. The van der Waals surface area contributed by atoms with Crippen molar-refractivity contribution in [2.45, 2.75) is 57.3 Å². The lowest BCUT2D eigenvalue weighted by Crippen LogP contribution is -2.33. The van der Waals surface area contributed by atoms with E-state index >= 15 is 0 Å². The highest BCUT2D eigenvalue weighted by Gasteiger charge is 2.28. The van der Waals surface area contributed by atoms with Gasteiger partial charge in [0.25, 0.3) is 0 Å². The summed E-state index contributed by atoms with van der Waals surface area (Å²) in [5, 5.41) is 0. The summed E-state index contributed by atoms with van der Waals surface area (Å²) in [7, 11) is -2.35. The Kier molecular flexibility index (Phi) is 4.84. The SMILES string of the molecule is C=S(=O)(c1ccc(C(C)(C)C)cc1)N(CCC)CC1CC1. The largest absolute Gasteiger partial charge is 0.248 e. The Balaban J connectivity index is 2.24. The van der Waals surface area contributed by atoms with E-state index in [-0.39, 0.29) is 5.41 Å². The lowest BCUT2D eigenvalue weighted by Gasteiger charge is -2.27. The summed E-state index contributed by atoms with van der Waals surface area (Å²) in [6.07, 6.45) is 3.57. The first-order chi connectivity index (χ1) is 9.75. The Hall–Kier alpha value is -0.800. The van der Waals surface area contributed by atoms with Crippen molar-refractivity contribution in [3.05, 3.63) is 29.8 Å². The van der Waals surface area contributed by atoms with Crippen LogP contribution < -0.4 is 0 Å². The van der Waals surface area contributed by atoms with Crippen LogP contribution in [0.4, 0.5) is 0 Å². The Bertz CT molecular complexity index is 562. The predicted molar refractivity (Wildman–Crippen MR) is 93.3 cm³/mol. The summed E-state index contributed by atoms with van der Waals surface area (Å²) in [4.78, 5) is 0.865. The molecule has 1 aliphatic rings. The van der Waals surface area contributed by atoms with Crippen molar-refractivity contribution in [1.29, 1.82) is 0 Å². The smallest absolute Gasteiger partial charge is 0.0558 e. The second-order valence-electron chi connectivity index (χ2n) is 7.25. The molecular weight excluding hydrogens is 278 g/mol. The molecule has 21 heavy (non-hydrogen) atoms. The highest BCUT2D eigenvalue weighted by atomic mass is 32.2. The van der Waals surface area contributed by atoms with Crippen molar-refractivity contribution in [3.8, 4) is 0 Å². The van der Waals surface area contributed by atoms with Crippen LogP contribution >= 0.6 is 0 Å². The number of nitrogens with zero attached hydrogens (tertiary/aromatic N) is 1. The van der Waals surface area contributed by atoms with Crippen molar-refractivity contribution >= 4 is 15.6 Å². The van der Waals surface area contributed by atoms with Gasteiger partial charge in [-0.2, -0.15) is 0 Å². The molecule has 0 N–H and O–H groups in total. The zero-order valence-electron chi connectivity index (χ0n) is 13.9. The van der Waals surface area contributed by atoms with Crippen molar-refractivity contribution < 1.29 is 4.21 Å². The van der Waals surface area contributed by atoms with Crippen LogP contribution in [0.25, 0.3) is 0 Å². The maximum absolute atomic E-state index is 13.2. The fourth-order valence-electron chi connectivity index (χ4n) is 2.51. The van der Waals surface area contributed by atoms with Gasteiger partial charge in [-0.3, -0.25) is 0 Å². The molecule has 1 aromatic rings. The second-order valence-corrected chi connectivity index (χ2v) is 9.51. The summed E-state index contributed by atoms with van der Waals surface area (Å²) in [5.41, 5.74) is 1.39. The number of hydrogen-bond acceptors (Lipinski definition) is 1. The molecule has 1 aromatic carbocycles. The first kappa shape index (κ1) is 16.6. The average Bonchev–Trinajstić information content (AvgIpc) is 3.21. The summed E-state index contributed by atoms with van der Waals surface area (Å²) in [5.74, 6) is 4.82. The van der Waals surface area contributed by atoms with E-state index in [9.17, 15) is 4.21 Å². The summed E-state index contributed by atoms with van der Waals surface area (Å²) < 4.78 is 15.3. The van der Waals surface area contributed by atoms with Gasteiger partial charge in [-0.25, -0.2) is 8.51 Å². The minimum atomic E-state index is -2.35. The molecule has 0 amide bonds. The fraction of sp³-hybridized carbons (Fsp3) is 0.611. The van der Waals surface area contributed by atoms with Gasteiger partial charge in [-0.1, -0.05) is 39.8 Å². The Morgan fingerprint density at radius 1 is 1.24 bits per heavy atom. The van der Waals surface area contributed by atoms with Gasteiger partial charge in [0.15, 0.2) is 0 Å². The Morgan fingerprint density at radius 2 is 1.81 bits per heavy atom. The van der Waals surface area contributed by atoms with Crippen molar-refractivity contribution in [2.75, 3.05) is 13.1 Å². The third-order valence-electron chi connectivity index (χ3n) is 4.14. The molecule has 0 heterocycles. The number of benzene rings is 1. The molecule has 0 aromatic heterocycles. The zero-order valence-corrected chi connectivity index (χ0v) is 14.7. The first-order valence-electron chi connectivity index (χ1n) is 7.98. The van der Waals surface area contributed by atoms with Gasteiger partial charge < -0.3 is 0 Å². The van der Waals surface area contributed by atoms with E-state index < -0.39 is 9.71 Å². The van der Waals surface area contributed by atoms with Gasteiger partial charge in [0, 0.05) is 18.0 Å². The molecule has 1 unspecified atom stereocenters. The lowest BCUT2D eigenvalue weighted by atomic mass is 9.87. The maximum atomic E-state index is 13.2. The molecule has 1 fully saturated rings. The lowest BCUT2D eigenvalue weighted by molar-refractivity contribution is 0.422. The molecule has 1 saturated carbocycles. The van der Waals surface area contributed by atoms with Crippen LogP contribution in [-0.2, 0) is 15.1 Å². The topological polar surface area (TPSA) is 20.3 Å². The highest BCUT2D eigenvalue weighted by molar-refractivity contribution is 7.98. The van der Waals surface area contributed by atoms with Crippen LogP contribution in [0, 0.1) is 5.92 Å². The molecule has 3 heteroatoms. The molecule has 0 radical (unpaired) electrons. The zero-order chi connectivity index (χ0) is 15.7. The average molecular weight is 308 g/mol. The van der Waals surface area contributed by atoms with E-state index in [0.717, 1.165) is 30.3 Å². The van der Waals surface area contributed by atoms with E-state index in [1.807, 2.05) is 12.1 Å². The normalized spacial score (nSPS) is 18.7. The van der Waals surface area contributed by atoms with Gasteiger partial charge in [0.1, 0.15) is 0 Å². The van der Waals surface area contributed by atoms with Crippen molar-refractivity contribution in [1.82, 2.24) is 4.31 Å². The van der Waals surface area contributed by atoms with Gasteiger partial charge in [0.05, 0.1) is 9.71 Å². The molecule has 118 valence electrons. The van der Waals surface area contributed by atoms with Crippen LogP contribution in [0.5, 0.6) is 0 Å². The summed E-state index contributed by atoms with van der Waals surface area (Å²) >= 11 is 0. The van der Waals surface area contributed by atoms with E-state index in [0.29, 0.717) is 0 Å². The number of rotatable bonds is 6. The Labute approximate surface area is 130 Å². The van der Waals surface area contributed by atoms with Crippen LogP contribution in [0.2, 0.25) is 0 Å². The molecule has 1 aliphatic carbocycles. The van der Waals surface area contributed by atoms with Gasteiger partial charge in [0.2, 0.25) is 0 Å². The molecule has 0 bridgehead atoms. The molecule has 2 rings (SSSR count). The maximum Gasteiger partial charge on any atom is 0.0558 e. The second kappa shape index (κ2) is 6.13. The van der Waals surface area contributed by atoms with Crippen molar-refractivity contribution in [3.63, 3.8) is 0 Å². The molecule has 0 aliphatic heterocycles. The first-order valence-corrected chi connectivity index (χ1v) is 9.66. The number of hydrogen-bond donors (Lipinski definition) is 0. The quantitative estimate of drug-likeness (QED) is 0.725. The summed E-state index contributed by atoms with van der Waals surface area (Å²) in [6, 6.07) is 8.21. The van der Waals surface area contributed by atoms with Gasteiger partial charge >= 0.3 is 0 Å². The third kappa shape index (κ3) is 4.10. The Morgan fingerprint density at radius 3 is 2.24 bits per heavy atom. The van der Waals surface area contributed by atoms with E-state index in [1.54, 1.807) is 0 Å². The van der Waals surface area contributed by atoms with Crippen LogP contribution in [-0.4, -0.2) is 27.5 Å². The predicted octanol–water partition coefficient (Wildman–Crippen LogP) is 4.10. The minimum Gasteiger partial charge on any atom is -0.248 e.